The summed E-state index contributed by atoms with van der Waals surface area (Å²) in [6, 6.07) is 8.28. The van der Waals surface area contributed by atoms with E-state index in [0.717, 1.165) is 50.6 Å². The van der Waals surface area contributed by atoms with E-state index in [0.29, 0.717) is 0 Å². The topological polar surface area (TPSA) is 45.5 Å². The van der Waals surface area contributed by atoms with Crippen LogP contribution in [0.2, 0.25) is 0 Å². The lowest BCUT2D eigenvalue weighted by Gasteiger charge is -2.20. The fourth-order valence-corrected chi connectivity index (χ4v) is 2.97. The Morgan fingerprint density at radius 3 is 2.91 bits per heavy atom. The molecule has 22 heavy (non-hydrogen) atoms. The molecule has 0 amide bonds. The lowest BCUT2D eigenvalue weighted by molar-refractivity contribution is 0.492. The first-order valence-electron chi connectivity index (χ1n) is 8.31. The molecule has 3 rings (SSSR count). The van der Waals surface area contributed by atoms with Gasteiger partial charge in [0.1, 0.15) is 0 Å². The lowest BCUT2D eigenvalue weighted by Crippen LogP contribution is -2.39. The number of nitrogens with one attached hydrogen (secondary N) is 1. The Kier molecular flexibility index (Phi) is 4.93. The highest BCUT2D eigenvalue weighted by Gasteiger charge is 2.15. The molecule has 0 radical (unpaired) electrons. The molecule has 0 atom stereocenters. The molecular weight excluding hydrogens is 274 g/mol. The van der Waals surface area contributed by atoms with Gasteiger partial charge in [-0.3, -0.25) is 4.99 Å². The molecule has 5 heteroatoms. The number of guanidine groups is 1. The summed E-state index contributed by atoms with van der Waals surface area (Å²) in [6.07, 6.45) is 5.53. The lowest BCUT2D eigenvalue weighted by atomic mass is 10.3. The molecule has 2 heterocycles. The van der Waals surface area contributed by atoms with Crippen LogP contribution in [0, 0.1) is 0 Å². The Balaban J connectivity index is 1.56. The summed E-state index contributed by atoms with van der Waals surface area (Å²) < 4.78 is 2.22. The quantitative estimate of drug-likeness (QED) is 0.524. The van der Waals surface area contributed by atoms with Gasteiger partial charge in [-0.2, -0.15) is 0 Å². The predicted molar refractivity (Wildman–Crippen MR) is 91.1 cm³/mol. The summed E-state index contributed by atoms with van der Waals surface area (Å²) in [4.78, 5) is 11.6. The van der Waals surface area contributed by atoms with Crippen molar-refractivity contribution in [1.29, 1.82) is 0 Å². The number of rotatable bonds is 5. The Hall–Kier alpha value is -2.04. The van der Waals surface area contributed by atoms with Gasteiger partial charge in [-0.05, 0) is 38.3 Å². The number of hydrogen-bond acceptors (Lipinski definition) is 2. The van der Waals surface area contributed by atoms with Gasteiger partial charge in [-0.1, -0.05) is 12.1 Å². The van der Waals surface area contributed by atoms with Crippen LogP contribution in [-0.2, 0) is 6.54 Å². The van der Waals surface area contributed by atoms with Gasteiger partial charge in [0, 0.05) is 32.7 Å². The van der Waals surface area contributed by atoms with Crippen molar-refractivity contribution >= 4 is 17.0 Å². The van der Waals surface area contributed by atoms with E-state index in [1.165, 1.54) is 18.4 Å². The molecule has 1 N–H and O–H groups in total. The Morgan fingerprint density at radius 2 is 2.09 bits per heavy atom. The van der Waals surface area contributed by atoms with Gasteiger partial charge in [0.2, 0.25) is 0 Å². The zero-order valence-corrected chi connectivity index (χ0v) is 13.3. The summed E-state index contributed by atoms with van der Waals surface area (Å²) in [6.45, 7) is 7.15. The highest BCUT2D eigenvalue weighted by molar-refractivity contribution is 5.80. The van der Waals surface area contributed by atoms with Crippen LogP contribution < -0.4 is 5.32 Å². The molecule has 0 bridgehead atoms. The van der Waals surface area contributed by atoms with E-state index in [1.807, 2.05) is 12.4 Å². The second-order valence-electron chi connectivity index (χ2n) is 5.71. The number of aryl methyl sites for hydroxylation is 1. The van der Waals surface area contributed by atoms with Crippen LogP contribution in [0.15, 0.2) is 35.6 Å². The fourth-order valence-electron chi connectivity index (χ4n) is 2.97. The smallest absolute Gasteiger partial charge is 0.193 e. The van der Waals surface area contributed by atoms with Crippen molar-refractivity contribution in [3.05, 3.63) is 30.6 Å². The minimum absolute atomic E-state index is 0.853. The third kappa shape index (κ3) is 3.40. The highest BCUT2D eigenvalue weighted by atomic mass is 15.3. The van der Waals surface area contributed by atoms with Gasteiger partial charge in [0.25, 0.3) is 0 Å². The second-order valence-corrected chi connectivity index (χ2v) is 5.71. The zero-order chi connectivity index (χ0) is 15.2. The van der Waals surface area contributed by atoms with Crippen molar-refractivity contribution in [2.45, 2.75) is 32.7 Å². The van der Waals surface area contributed by atoms with Crippen molar-refractivity contribution in [3.8, 4) is 0 Å². The number of fused-ring (bicyclic) bond motifs is 1. The normalized spacial score (nSPS) is 15.7. The maximum atomic E-state index is 4.77. The molecule has 0 aliphatic carbocycles. The third-order valence-electron chi connectivity index (χ3n) is 4.09. The molecular formula is C17H25N5. The molecule has 1 aromatic carbocycles. The fraction of sp³-hybridized carbons (Fsp3) is 0.529. The zero-order valence-electron chi connectivity index (χ0n) is 13.3. The largest absolute Gasteiger partial charge is 0.357 e. The summed E-state index contributed by atoms with van der Waals surface area (Å²) in [5.74, 6) is 1.08. The summed E-state index contributed by atoms with van der Waals surface area (Å²) in [7, 11) is 0. The maximum absolute atomic E-state index is 4.77. The molecule has 0 spiro atoms. The second kappa shape index (κ2) is 7.29. The first kappa shape index (κ1) is 14.9. The number of aliphatic imine (C=N–C) groups is 1. The number of nitrogens with zero attached hydrogens (tertiary/aromatic N) is 4. The molecule has 0 unspecified atom stereocenters. The van der Waals surface area contributed by atoms with Crippen molar-refractivity contribution in [2.75, 3.05) is 26.2 Å². The number of hydrogen-bond donors (Lipinski definition) is 1. The first-order chi connectivity index (χ1) is 10.9. The number of imidazole rings is 1. The molecule has 2 aromatic rings. The van der Waals surface area contributed by atoms with Gasteiger partial charge in [0.15, 0.2) is 5.96 Å². The van der Waals surface area contributed by atoms with Crippen molar-refractivity contribution in [1.82, 2.24) is 19.8 Å². The number of para-hydroxylation sites is 2. The highest BCUT2D eigenvalue weighted by Crippen LogP contribution is 2.12. The maximum Gasteiger partial charge on any atom is 0.193 e. The predicted octanol–water partition coefficient (Wildman–Crippen LogP) is 2.49. The molecule has 5 nitrogen and oxygen atoms in total. The van der Waals surface area contributed by atoms with Crippen molar-refractivity contribution < 1.29 is 0 Å². The van der Waals surface area contributed by atoms with E-state index in [2.05, 4.69) is 44.9 Å². The number of benzene rings is 1. The third-order valence-corrected chi connectivity index (χ3v) is 4.09. The first-order valence-corrected chi connectivity index (χ1v) is 8.31. The molecule has 118 valence electrons. The minimum atomic E-state index is 0.853. The molecule has 1 aromatic heterocycles. The van der Waals surface area contributed by atoms with E-state index in [-0.39, 0.29) is 0 Å². The standard InChI is InChI=1S/C17H25N5/c1-2-18-17(21-11-5-6-12-21)19-10-7-13-22-14-20-15-8-3-4-9-16(15)22/h3-4,8-9,14H,2,5-7,10-13H2,1H3,(H,18,19). The molecule has 1 aliphatic rings. The Morgan fingerprint density at radius 1 is 1.27 bits per heavy atom. The average molecular weight is 299 g/mol. The van der Waals surface area contributed by atoms with E-state index in [4.69, 9.17) is 4.99 Å². The summed E-state index contributed by atoms with van der Waals surface area (Å²) >= 11 is 0. The molecule has 1 aliphatic heterocycles. The van der Waals surface area contributed by atoms with Crippen LogP contribution in [0.5, 0.6) is 0 Å². The van der Waals surface area contributed by atoms with Crippen molar-refractivity contribution in [2.24, 2.45) is 4.99 Å². The average Bonchev–Trinajstić information content (AvgIpc) is 3.20. The van der Waals surface area contributed by atoms with E-state index < -0.39 is 0 Å². The summed E-state index contributed by atoms with van der Waals surface area (Å²) in [5.41, 5.74) is 2.27. The monoisotopic (exact) mass is 299 g/mol. The van der Waals surface area contributed by atoms with Gasteiger partial charge in [-0.25, -0.2) is 4.98 Å². The van der Waals surface area contributed by atoms with E-state index >= 15 is 0 Å². The van der Waals surface area contributed by atoms with Gasteiger partial charge >= 0.3 is 0 Å². The van der Waals surface area contributed by atoms with Gasteiger partial charge < -0.3 is 14.8 Å². The van der Waals surface area contributed by atoms with Crippen LogP contribution >= 0.6 is 0 Å². The van der Waals surface area contributed by atoms with Crippen molar-refractivity contribution in [3.63, 3.8) is 0 Å². The van der Waals surface area contributed by atoms with Crippen LogP contribution in [-0.4, -0.2) is 46.6 Å². The Labute approximate surface area is 132 Å². The van der Waals surface area contributed by atoms with Crippen LogP contribution in [0.1, 0.15) is 26.2 Å². The van der Waals surface area contributed by atoms with E-state index in [1.54, 1.807) is 0 Å². The SMILES string of the molecule is CCNC(=NCCCn1cnc2ccccc21)N1CCCC1. The van der Waals surface area contributed by atoms with E-state index in [9.17, 15) is 0 Å². The van der Waals surface area contributed by atoms with Gasteiger partial charge in [-0.15, -0.1) is 0 Å². The van der Waals surface area contributed by atoms with Crippen LogP contribution in [0.25, 0.3) is 11.0 Å². The molecule has 1 saturated heterocycles. The molecule has 0 saturated carbocycles. The number of likely N-dealkylation sites (tertiary alicyclic amines) is 1. The molecule has 1 fully saturated rings. The Bertz CT molecular complexity index is 625. The number of aromatic nitrogens is 2. The minimum Gasteiger partial charge on any atom is -0.357 e. The summed E-state index contributed by atoms with van der Waals surface area (Å²) in [5, 5.41) is 3.40. The van der Waals surface area contributed by atoms with Crippen LogP contribution in [0.4, 0.5) is 0 Å². The van der Waals surface area contributed by atoms with Crippen LogP contribution in [0.3, 0.4) is 0 Å². The van der Waals surface area contributed by atoms with Gasteiger partial charge in [0.05, 0.1) is 17.4 Å².